The number of rotatable bonds is 2. The minimum atomic E-state index is -1.01. The Bertz CT molecular complexity index is 516. The molecule has 0 saturated carbocycles. The van der Waals surface area contributed by atoms with Crippen molar-refractivity contribution in [1.82, 2.24) is 0 Å². The average molecular weight is 246 g/mol. The van der Waals surface area contributed by atoms with Crippen molar-refractivity contribution < 1.29 is 14.3 Å². The average Bonchev–Trinajstić information content (AvgIpc) is 2.28. The molecular formula is C15H18O3. The molecule has 0 bridgehead atoms. The lowest BCUT2D eigenvalue weighted by atomic mass is 9.86. The van der Waals surface area contributed by atoms with Crippen LogP contribution in [0.1, 0.15) is 55.1 Å². The Morgan fingerprint density at radius 2 is 2.06 bits per heavy atom. The summed E-state index contributed by atoms with van der Waals surface area (Å²) in [6.45, 7) is 7.29. The number of esters is 1. The van der Waals surface area contributed by atoms with E-state index >= 15 is 0 Å². The maximum Gasteiger partial charge on any atom is 0.339 e. The molecule has 1 aromatic rings. The summed E-state index contributed by atoms with van der Waals surface area (Å²) in [5, 5.41) is 0. The second-order valence-corrected chi connectivity index (χ2v) is 5.42. The van der Waals surface area contributed by atoms with Gasteiger partial charge in [0, 0.05) is 6.42 Å². The first-order valence-corrected chi connectivity index (χ1v) is 6.21. The second kappa shape index (κ2) is 4.23. The van der Waals surface area contributed by atoms with E-state index in [0.717, 1.165) is 11.1 Å². The van der Waals surface area contributed by atoms with Crippen LogP contribution in [0.15, 0.2) is 18.2 Å². The summed E-state index contributed by atoms with van der Waals surface area (Å²) in [5.41, 5.74) is 1.59. The summed E-state index contributed by atoms with van der Waals surface area (Å²) in [7, 11) is 0. The van der Waals surface area contributed by atoms with Crippen molar-refractivity contribution in [2.24, 2.45) is 0 Å². The van der Waals surface area contributed by atoms with Crippen LogP contribution in [0.25, 0.3) is 0 Å². The molecule has 2 rings (SSSR count). The van der Waals surface area contributed by atoms with Crippen molar-refractivity contribution in [3.63, 3.8) is 0 Å². The van der Waals surface area contributed by atoms with Gasteiger partial charge < -0.3 is 4.74 Å². The predicted molar refractivity (Wildman–Crippen MR) is 68.7 cm³/mol. The van der Waals surface area contributed by atoms with Crippen LogP contribution in [-0.4, -0.2) is 17.4 Å². The number of hydrogen-bond donors (Lipinski definition) is 0. The highest BCUT2D eigenvalue weighted by molar-refractivity contribution is 5.97. The molecule has 3 heteroatoms. The third-order valence-electron chi connectivity index (χ3n) is 3.61. The van der Waals surface area contributed by atoms with Crippen LogP contribution >= 0.6 is 0 Å². The molecule has 1 heterocycles. The fraction of sp³-hybridized carbons (Fsp3) is 0.467. The van der Waals surface area contributed by atoms with Crippen LogP contribution < -0.4 is 0 Å². The first kappa shape index (κ1) is 12.8. The smallest absolute Gasteiger partial charge is 0.339 e. The van der Waals surface area contributed by atoms with Crippen molar-refractivity contribution >= 4 is 11.8 Å². The standard InChI is InChI=1S/C15H18O3/c1-9(2)11-5-6-12-8-15(4,10(3)16)18-14(17)13(12)7-11/h5-7,9H,8H2,1-4H3. The van der Waals surface area contributed by atoms with E-state index in [1.165, 1.54) is 6.92 Å². The molecule has 0 spiro atoms. The Balaban J connectivity index is 2.45. The largest absolute Gasteiger partial charge is 0.447 e. The van der Waals surface area contributed by atoms with Crippen molar-refractivity contribution in [1.29, 1.82) is 0 Å². The van der Waals surface area contributed by atoms with Crippen LogP contribution in [0, 0.1) is 0 Å². The number of fused-ring (bicyclic) bond motifs is 1. The lowest BCUT2D eigenvalue weighted by molar-refractivity contribution is -0.135. The van der Waals surface area contributed by atoms with E-state index < -0.39 is 11.6 Å². The lowest BCUT2D eigenvalue weighted by Gasteiger charge is -2.32. The van der Waals surface area contributed by atoms with E-state index in [0.29, 0.717) is 17.9 Å². The number of carbonyl (C=O) groups is 2. The van der Waals surface area contributed by atoms with Crippen LogP contribution in [0.3, 0.4) is 0 Å². The summed E-state index contributed by atoms with van der Waals surface area (Å²) < 4.78 is 5.31. The van der Waals surface area contributed by atoms with Crippen LogP contribution in [0.4, 0.5) is 0 Å². The molecule has 96 valence electrons. The summed E-state index contributed by atoms with van der Waals surface area (Å²) >= 11 is 0. The number of Topliss-reactive ketones (excluding diaryl/α,β-unsaturated/α-hetero) is 1. The van der Waals surface area contributed by atoms with Gasteiger partial charge in [0.05, 0.1) is 5.56 Å². The van der Waals surface area contributed by atoms with E-state index in [9.17, 15) is 9.59 Å². The Morgan fingerprint density at radius 1 is 1.39 bits per heavy atom. The molecule has 18 heavy (non-hydrogen) atoms. The first-order valence-electron chi connectivity index (χ1n) is 6.21. The molecule has 0 fully saturated rings. The molecule has 1 aliphatic rings. The number of cyclic esters (lactones) is 1. The van der Waals surface area contributed by atoms with Gasteiger partial charge in [-0.3, -0.25) is 4.79 Å². The number of ketones is 1. The Morgan fingerprint density at radius 3 is 2.61 bits per heavy atom. The van der Waals surface area contributed by atoms with Crippen molar-refractivity contribution in [3.8, 4) is 0 Å². The van der Waals surface area contributed by atoms with E-state index in [-0.39, 0.29) is 5.78 Å². The van der Waals surface area contributed by atoms with Gasteiger partial charge in [0.2, 0.25) is 0 Å². The molecule has 0 N–H and O–H groups in total. The zero-order valence-corrected chi connectivity index (χ0v) is 11.2. The van der Waals surface area contributed by atoms with Gasteiger partial charge in [-0.15, -0.1) is 0 Å². The van der Waals surface area contributed by atoms with Gasteiger partial charge in [-0.25, -0.2) is 4.79 Å². The SMILES string of the molecule is CC(=O)C1(C)Cc2ccc(C(C)C)cc2C(=O)O1. The van der Waals surface area contributed by atoms with Gasteiger partial charge in [-0.1, -0.05) is 26.0 Å². The highest BCUT2D eigenvalue weighted by Gasteiger charge is 2.40. The zero-order valence-electron chi connectivity index (χ0n) is 11.2. The minimum absolute atomic E-state index is 0.116. The molecule has 1 aliphatic heterocycles. The summed E-state index contributed by atoms with van der Waals surface area (Å²) in [6, 6.07) is 5.83. The quantitative estimate of drug-likeness (QED) is 0.754. The monoisotopic (exact) mass is 246 g/mol. The van der Waals surface area contributed by atoms with Crippen LogP contribution in [-0.2, 0) is 16.0 Å². The molecule has 1 atom stereocenters. The number of carbonyl (C=O) groups excluding carboxylic acids is 2. The highest BCUT2D eigenvalue weighted by atomic mass is 16.6. The molecule has 0 saturated heterocycles. The Hall–Kier alpha value is -1.64. The second-order valence-electron chi connectivity index (χ2n) is 5.42. The normalized spacial score (nSPS) is 22.6. The molecule has 0 aliphatic carbocycles. The van der Waals surface area contributed by atoms with E-state index in [2.05, 4.69) is 13.8 Å². The number of hydrogen-bond acceptors (Lipinski definition) is 3. The summed E-state index contributed by atoms with van der Waals surface area (Å²) in [5.74, 6) is -0.143. The summed E-state index contributed by atoms with van der Waals surface area (Å²) in [4.78, 5) is 23.6. The maximum atomic E-state index is 12.0. The molecular weight excluding hydrogens is 228 g/mol. The molecule has 0 amide bonds. The van der Waals surface area contributed by atoms with Gasteiger partial charge in [-0.05, 0) is 37.0 Å². The molecule has 0 aromatic heterocycles. The molecule has 1 unspecified atom stereocenters. The zero-order chi connectivity index (χ0) is 13.5. The van der Waals surface area contributed by atoms with Gasteiger partial charge in [0.15, 0.2) is 11.4 Å². The Labute approximate surface area is 107 Å². The highest BCUT2D eigenvalue weighted by Crippen LogP contribution is 2.30. The van der Waals surface area contributed by atoms with Crippen molar-refractivity contribution in [2.75, 3.05) is 0 Å². The van der Waals surface area contributed by atoms with E-state index in [1.54, 1.807) is 6.92 Å². The Kier molecular flexibility index (Phi) is 3.01. The predicted octanol–water partition coefficient (Wildman–Crippen LogP) is 2.87. The first-order chi connectivity index (χ1) is 8.33. The van der Waals surface area contributed by atoms with Crippen molar-refractivity contribution in [3.05, 3.63) is 34.9 Å². The van der Waals surface area contributed by atoms with Gasteiger partial charge in [0.1, 0.15) is 0 Å². The molecule has 1 aromatic carbocycles. The number of ether oxygens (including phenoxy) is 1. The van der Waals surface area contributed by atoms with E-state index in [1.807, 2.05) is 18.2 Å². The molecule has 3 nitrogen and oxygen atoms in total. The van der Waals surface area contributed by atoms with Crippen LogP contribution in [0.5, 0.6) is 0 Å². The third-order valence-corrected chi connectivity index (χ3v) is 3.61. The fourth-order valence-corrected chi connectivity index (χ4v) is 2.15. The van der Waals surface area contributed by atoms with Gasteiger partial charge in [-0.2, -0.15) is 0 Å². The lowest BCUT2D eigenvalue weighted by Crippen LogP contribution is -2.44. The minimum Gasteiger partial charge on any atom is -0.447 e. The number of benzene rings is 1. The van der Waals surface area contributed by atoms with Gasteiger partial charge in [0.25, 0.3) is 0 Å². The van der Waals surface area contributed by atoms with Crippen LogP contribution in [0.2, 0.25) is 0 Å². The topological polar surface area (TPSA) is 43.4 Å². The third kappa shape index (κ3) is 2.05. The maximum absolute atomic E-state index is 12.0. The molecule has 0 radical (unpaired) electrons. The van der Waals surface area contributed by atoms with E-state index in [4.69, 9.17) is 4.74 Å². The van der Waals surface area contributed by atoms with Gasteiger partial charge >= 0.3 is 5.97 Å². The van der Waals surface area contributed by atoms with Crippen molar-refractivity contribution in [2.45, 2.75) is 45.6 Å². The fourth-order valence-electron chi connectivity index (χ4n) is 2.15. The summed E-state index contributed by atoms with van der Waals surface area (Å²) in [6.07, 6.45) is 0.460.